The Kier molecular flexibility index (Phi) is 5.53. The van der Waals surface area contributed by atoms with E-state index in [1.807, 2.05) is 0 Å². The van der Waals surface area contributed by atoms with Crippen LogP contribution >= 0.6 is 0 Å². The molecule has 0 aromatic heterocycles. The van der Waals surface area contributed by atoms with Crippen LogP contribution in [0.3, 0.4) is 0 Å². The molecule has 3 rings (SSSR count). The van der Waals surface area contributed by atoms with Crippen molar-refractivity contribution in [1.82, 2.24) is 20.9 Å². The molecule has 1 heterocycles. The highest BCUT2D eigenvalue weighted by Crippen LogP contribution is 2.42. The molecule has 3 N–H and O–H groups in total. The van der Waals surface area contributed by atoms with Gasteiger partial charge >= 0.3 is 18.0 Å². The lowest BCUT2D eigenvalue weighted by atomic mass is 9.96. The molecule has 2 aliphatic rings. The van der Waals surface area contributed by atoms with Crippen LogP contribution in [0, 0.1) is 5.92 Å². The zero-order valence-corrected chi connectivity index (χ0v) is 16.1. The van der Waals surface area contributed by atoms with Crippen molar-refractivity contribution in [1.29, 1.82) is 0 Å². The summed E-state index contributed by atoms with van der Waals surface area (Å²) in [5.41, 5.74) is -0.686. The van der Waals surface area contributed by atoms with Crippen LogP contribution in [0.25, 0.3) is 0 Å². The van der Waals surface area contributed by atoms with Gasteiger partial charge in [0.05, 0.1) is 0 Å². The Morgan fingerprint density at radius 2 is 1.90 bits per heavy atom. The monoisotopic (exact) mass is 402 g/mol. The number of hydrogen-bond donors (Lipinski definition) is 3. The minimum Gasteiger partial charge on any atom is -0.446 e. The summed E-state index contributed by atoms with van der Waals surface area (Å²) in [5.74, 6) is -2.25. The van der Waals surface area contributed by atoms with Crippen LogP contribution in [0.5, 0.6) is 0 Å². The molecule has 1 aliphatic carbocycles. The lowest BCUT2D eigenvalue weighted by molar-refractivity contribution is -0.158. The maximum atomic E-state index is 12.6. The molecular weight excluding hydrogens is 380 g/mol. The Labute approximate surface area is 166 Å². The summed E-state index contributed by atoms with van der Waals surface area (Å²) >= 11 is 0. The van der Waals surface area contributed by atoms with E-state index in [0.29, 0.717) is 5.56 Å². The lowest BCUT2D eigenvalue weighted by Gasteiger charge is -2.21. The summed E-state index contributed by atoms with van der Waals surface area (Å²) in [6, 6.07) is 6.67. The third-order valence-electron chi connectivity index (χ3n) is 5.04. The molecule has 1 aromatic rings. The van der Waals surface area contributed by atoms with Crippen molar-refractivity contribution < 1.29 is 28.7 Å². The zero-order valence-electron chi connectivity index (χ0n) is 16.1. The molecule has 1 saturated heterocycles. The predicted octanol–water partition coefficient (Wildman–Crippen LogP) is 0.447. The van der Waals surface area contributed by atoms with Gasteiger partial charge in [-0.2, -0.15) is 0 Å². The molecule has 0 spiro atoms. The molecule has 1 saturated carbocycles. The second-order valence-corrected chi connectivity index (χ2v) is 7.15. The van der Waals surface area contributed by atoms with Gasteiger partial charge < -0.3 is 15.4 Å². The topological polar surface area (TPSA) is 134 Å². The van der Waals surface area contributed by atoms with Crippen LogP contribution in [0.1, 0.15) is 31.4 Å². The number of amides is 6. The molecule has 10 nitrogen and oxygen atoms in total. The van der Waals surface area contributed by atoms with E-state index >= 15 is 0 Å². The summed E-state index contributed by atoms with van der Waals surface area (Å²) in [6.07, 6.45) is 0.240. The molecule has 29 heavy (non-hydrogen) atoms. The Balaban J connectivity index is 1.71. The van der Waals surface area contributed by atoms with Crippen molar-refractivity contribution in [3.05, 3.63) is 35.9 Å². The number of benzene rings is 1. The number of carbonyl (C=O) groups excluding carboxylic acids is 5. The average Bonchev–Trinajstić information content (AvgIpc) is 3.52. The van der Waals surface area contributed by atoms with E-state index in [2.05, 4.69) is 16.0 Å². The van der Waals surface area contributed by atoms with E-state index in [9.17, 15) is 24.0 Å². The quantitative estimate of drug-likeness (QED) is 0.467. The SMILES string of the molecule is CNC(=O)NC(=O)[C@@H](OC(=O)CN1C(=O)N[C@@](C)(C2CC2)C1=O)c1ccccc1. The van der Waals surface area contributed by atoms with E-state index < -0.39 is 48.0 Å². The number of rotatable bonds is 6. The molecule has 0 radical (unpaired) electrons. The Bertz CT molecular complexity index is 854. The standard InChI is InChI=1S/C19H22N4O6/c1-19(12-8-9-12)16(26)23(18(28)22-19)10-13(24)29-14(11-6-4-3-5-7-11)15(25)21-17(27)20-2/h3-7,12,14H,8-10H2,1-2H3,(H,22,28)(H2,20,21,25,27)/t14-,19-/m0/s1. The van der Waals surface area contributed by atoms with E-state index in [4.69, 9.17) is 4.74 Å². The van der Waals surface area contributed by atoms with Crippen LogP contribution in [-0.2, 0) is 19.1 Å². The first kappa shape index (κ1) is 20.3. The van der Waals surface area contributed by atoms with Crippen molar-refractivity contribution in [2.75, 3.05) is 13.6 Å². The van der Waals surface area contributed by atoms with Gasteiger partial charge in [0, 0.05) is 12.6 Å². The van der Waals surface area contributed by atoms with Gasteiger partial charge in [0.1, 0.15) is 12.1 Å². The van der Waals surface area contributed by atoms with Gasteiger partial charge in [0.25, 0.3) is 11.8 Å². The van der Waals surface area contributed by atoms with Gasteiger partial charge in [-0.3, -0.25) is 24.6 Å². The summed E-state index contributed by atoms with van der Waals surface area (Å²) < 4.78 is 5.24. The number of nitrogens with zero attached hydrogens (tertiary/aromatic N) is 1. The Hall–Kier alpha value is -3.43. The maximum Gasteiger partial charge on any atom is 0.327 e. The molecule has 1 aliphatic heterocycles. The molecule has 0 bridgehead atoms. The van der Waals surface area contributed by atoms with Gasteiger partial charge in [-0.25, -0.2) is 9.59 Å². The number of hydrogen-bond acceptors (Lipinski definition) is 6. The number of nitrogens with one attached hydrogen (secondary N) is 3. The van der Waals surface area contributed by atoms with Crippen LogP contribution in [0.15, 0.2) is 30.3 Å². The third-order valence-corrected chi connectivity index (χ3v) is 5.04. The molecule has 0 unspecified atom stereocenters. The summed E-state index contributed by atoms with van der Waals surface area (Å²) in [5, 5.41) is 6.93. The van der Waals surface area contributed by atoms with Crippen molar-refractivity contribution >= 4 is 29.8 Å². The average molecular weight is 402 g/mol. The minimum atomic E-state index is -1.42. The van der Waals surface area contributed by atoms with E-state index in [1.54, 1.807) is 37.3 Å². The molecule has 10 heteroatoms. The van der Waals surface area contributed by atoms with Gasteiger partial charge in [0.2, 0.25) is 6.10 Å². The highest BCUT2D eigenvalue weighted by molar-refractivity contribution is 6.09. The number of carbonyl (C=O) groups is 5. The van der Waals surface area contributed by atoms with E-state index in [0.717, 1.165) is 17.7 Å². The van der Waals surface area contributed by atoms with E-state index in [-0.39, 0.29) is 5.92 Å². The first-order valence-electron chi connectivity index (χ1n) is 9.17. The normalized spacial score (nSPS) is 21.9. The number of esters is 1. The van der Waals surface area contributed by atoms with Crippen LogP contribution in [-0.4, -0.2) is 53.9 Å². The Morgan fingerprint density at radius 1 is 1.24 bits per heavy atom. The van der Waals surface area contributed by atoms with Crippen molar-refractivity contribution in [2.24, 2.45) is 5.92 Å². The molecule has 2 fully saturated rings. The number of ether oxygens (including phenoxy) is 1. The van der Waals surface area contributed by atoms with Crippen molar-refractivity contribution in [3.63, 3.8) is 0 Å². The van der Waals surface area contributed by atoms with Crippen molar-refractivity contribution in [3.8, 4) is 0 Å². The fourth-order valence-corrected chi connectivity index (χ4v) is 3.24. The molecule has 6 amide bonds. The fourth-order valence-electron chi connectivity index (χ4n) is 3.24. The second kappa shape index (κ2) is 7.90. The number of urea groups is 2. The Morgan fingerprint density at radius 3 is 2.48 bits per heavy atom. The maximum absolute atomic E-state index is 12.6. The summed E-state index contributed by atoms with van der Waals surface area (Å²) in [7, 11) is 1.33. The van der Waals surface area contributed by atoms with Gasteiger partial charge in [-0.15, -0.1) is 0 Å². The molecule has 2 atom stereocenters. The largest absolute Gasteiger partial charge is 0.446 e. The predicted molar refractivity (Wildman–Crippen MR) is 99.2 cm³/mol. The molecule has 1 aromatic carbocycles. The summed E-state index contributed by atoms with van der Waals surface area (Å²) in [6.45, 7) is 1.00. The molecule has 154 valence electrons. The van der Waals surface area contributed by atoms with E-state index in [1.165, 1.54) is 7.05 Å². The third kappa shape index (κ3) is 4.20. The van der Waals surface area contributed by atoms with Gasteiger partial charge in [-0.05, 0) is 25.7 Å². The van der Waals surface area contributed by atoms with Crippen molar-refractivity contribution in [2.45, 2.75) is 31.4 Å². The smallest absolute Gasteiger partial charge is 0.327 e. The lowest BCUT2D eigenvalue weighted by Crippen LogP contribution is -2.46. The first-order chi connectivity index (χ1) is 13.8. The summed E-state index contributed by atoms with van der Waals surface area (Å²) in [4.78, 5) is 61.9. The fraction of sp³-hybridized carbons (Fsp3) is 0.421. The highest BCUT2D eigenvalue weighted by atomic mass is 16.5. The molecular formula is C19H22N4O6. The number of imide groups is 2. The zero-order chi connectivity index (χ0) is 21.2. The van der Waals surface area contributed by atoms with Gasteiger partial charge in [-0.1, -0.05) is 30.3 Å². The second-order valence-electron chi connectivity index (χ2n) is 7.15. The van der Waals surface area contributed by atoms with Crippen LogP contribution < -0.4 is 16.0 Å². The first-order valence-corrected chi connectivity index (χ1v) is 9.17. The van der Waals surface area contributed by atoms with Crippen LogP contribution in [0.2, 0.25) is 0 Å². The van der Waals surface area contributed by atoms with Crippen LogP contribution in [0.4, 0.5) is 9.59 Å². The van der Waals surface area contributed by atoms with Gasteiger partial charge in [0.15, 0.2) is 0 Å². The minimum absolute atomic E-state index is 0.0513. The highest BCUT2D eigenvalue weighted by Gasteiger charge is 2.56.